The minimum absolute atomic E-state index is 0.285. The predicted octanol–water partition coefficient (Wildman–Crippen LogP) is -2.90. The van der Waals surface area contributed by atoms with Gasteiger partial charge in [-0.25, -0.2) is 10.9 Å². The predicted molar refractivity (Wildman–Crippen MR) is 118 cm³/mol. The molecule has 7 N–H and O–H groups in total. The van der Waals surface area contributed by atoms with Gasteiger partial charge in [-0.2, -0.15) is 0 Å². The van der Waals surface area contributed by atoms with Crippen LogP contribution in [0.25, 0.3) is 0 Å². The molecular formula is C20H35N7O7. The van der Waals surface area contributed by atoms with Gasteiger partial charge in [0.05, 0.1) is 12.5 Å². The number of hydrogen-bond acceptors (Lipinski definition) is 9. The van der Waals surface area contributed by atoms with Gasteiger partial charge < -0.3 is 21.1 Å². The number of carbonyl (C=O) groups excluding carboxylic acids is 6. The fourth-order valence-electron chi connectivity index (χ4n) is 3.28. The normalized spacial score (nSPS) is 18.0. The van der Waals surface area contributed by atoms with Gasteiger partial charge in [-0.15, -0.1) is 0 Å². The molecule has 0 aromatic carbocycles. The molecule has 1 fully saturated rings. The highest BCUT2D eigenvalue weighted by Crippen LogP contribution is 2.19. The van der Waals surface area contributed by atoms with Gasteiger partial charge >= 0.3 is 0 Å². The number of nitrogens with two attached hydrogens (primary N) is 2. The molecule has 1 rings (SSSR count). The van der Waals surface area contributed by atoms with Crippen LogP contribution < -0.4 is 22.3 Å². The molecule has 1 unspecified atom stereocenters. The summed E-state index contributed by atoms with van der Waals surface area (Å²) in [6, 6.07) is -3.18. The first kappa shape index (κ1) is 28.9. The van der Waals surface area contributed by atoms with Crippen molar-refractivity contribution in [3.63, 3.8) is 0 Å². The minimum Gasteiger partial charge on any atom is -0.366 e. The van der Waals surface area contributed by atoms with Crippen molar-refractivity contribution in [1.82, 2.24) is 25.7 Å². The molecule has 1 aliphatic rings. The second-order valence-corrected chi connectivity index (χ2v) is 8.49. The molecule has 0 radical (unpaired) electrons. The largest absolute Gasteiger partial charge is 0.366 e. The van der Waals surface area contributed by atoms with E-state index >= 15 is 0 Å². The Morgan fingerprint density at radius 1 is 1.12 bits per heavy atom. The van der Waals surface area contributed by atoms with E-state index in [0.29, 0.717) is 17.9 Å². The summed E-state index contributed by atoms with van der Waals surface area (Å²) < 4.78 is 0. The third-order valence-electron chi connectivity index (χ3n) is 5.24. The Morgan fingerprint density at radius 2 is 1.71 bits per heavy atom. The Balaban J connectivity index is 2.87. The summed E-state index contributed by atoms with van der Waals surface area (Å²) in [5.74, 6) is 1.03. The van der Waals surface area contributed by atoms with Gasteiger partial charge in [0.2, 0.25) is 29.9 Å². The second kappa shape index (κ2) is 12.4. The van der Waals surface area contributed by atoms with Crippen molar-refractivity contribution in [1.29, 1.82) is 0 Å². The van der Waals surface area contributed by atoms with E-state index in [1.807, 2.05) is 0 Å². The van der Waals surface area contributed by atoms with Gasteiger partial charge in [0.25, 0.3) is 5.91 Å². The van der Waals surface area contributed by atoms with Crippen molar-refractivity contribution in [3.8, 4) is 0 Å². The van der Waals surface area contributed by atoms with Crippen LogP contribution in [0.15, 0.2) is 0 Å². The highest BCUT2D eigenvalue weighted by Gasteiger charge is 2.38. The summed E-state index contributed by atoms with van der Waals surface area (Å²) >= 11 is 0. The number of hydrazine groups is 2. The maximum atomic E-state index is 12.9. The SMILES string of the molecule is CC(=O)N(N)C(O)C(=O)CC(=O)N(NC(=O)[C@@H]1CCCN1C(=O)[C@H](C)NC(=O)[C@H](C)N)C(C)C. The van der Waals surface area contributed by atoms with Crippen LogP contribution in [0.2, 0.25) is 0 Å². The number of amides is 5. The molecule has 0 bridgehead atoms. The molecule has 0 spiro atoms. The number of hydrogen-bond donors (Lipinski definition) is 5. The van der Waals surface area contributed by atoms with E-state index < -0.39 is 72.1 Å². The highest BCUT2D eigenvalue weighted by molar-refractivity contribution is 6.01. The van der Waals surface area contributed by atoms with Crippen molar-refractivity contribution >= 4 is 35.3 Å². The number of likely N-dealkylation sites (tertiary alicyclic amines) is 1. The van der Waals surface area contributed by atoms with E-state index in [-0.39, 0.29) is 6.54 Å². The number of nitrogens with zero attached hydrogens (tertiary/aromatic N) is 3. The zero-order valence-corrected chi connectivity index (χ0v) is 20.1. The van der Waals surface area contributed by atoms with E-state index in [9.17, 15) is 33.9 Å². The maximum Gasteiger partial charge on any atom is 0.261 e. The summed E-state index contributed by atoms with van der Waals surface area (Å²) in [4.78, 5) is 74.8. The third kappa shape index (κ3) is 7.46. The molecule has 0 aromatic rings. The number of aliphatic hydroxyl groups is 1. The fraction of sp³-hybridized carbons (Fsp3) is 0.700. The first-order valence-corrected chi connectivity index (χ1v) is 10.9. The van der Waals surface area contributed by atoms with Crippen molar-refractivity contribution < 1.29 is 33.9 Å². The van der Waals surface area contributed by atoms with Crippen molar-refractivity contribution in [3.05, 3.63) is 0 Å². The average molecular weight is 486 g/mol. The topological polar surface area (TPSA) is 208 Å². The molecule has 0 saturated carbocycles. The molecule has 14 nitrogen and oxygen atoms in total. The lowest BCUT2D eigenvalue weighted by Gasteiger charge is -2.32. The van der Waals surface area contributed by atoms with E-state index in [1.165, 1.54) is 18.7 Å². The molecule has 4 atom stereocenters. The maximum absolute atomic E-state index is 12.9. The van der Waals surface area contributed by atoms with E-state index in [4.69, 9.17) is 11.6 Å². The van der Waals surface area contributed by atoms with Crippen LogP contribution in [-0.2, 0) is 28.8 Å². The lowest BCUT2D eigenvalue weighted by Crippen LogP contribution is -2.58. The van der Waals surface area contributed by atoms with Crippen LogP contribution in [0, 0.1) is 0 Å². The third-order valence-corrected chi connectivity index (χ3v) is 5.24. The fourth-order valence-corrected chi connectivity index (χ4v) is 3.28. The van der Waals surface area contributed by atoms with Gasteiger partial charge in [0, 0.05) is 19.5 Å². The smallest absolute Gasteiger partial charge is 0.261 e. The summed E-state index contributed by atoms with van der Waals surface area (Å²) in [5.41, 5.74) is 7.94. The monoisotopic (exact) mass is 485 g/mol. The van der Waals surface area contributed by atoms with E-state index in [2.05, 4.69) is 10.7 Å². The van der Waals surface area contributed by atoms with Crippen LogP contribution in [0.3, 0.4) is 0 Å². The first-order chi connectivity index (χ1) is 15.7. The zero-order chi connectivity index (χ0) is 26.3. The molecule has 0 aromatic heterocycles. The molecule has 192 valence electrons. The summed E-state index contributed by atoms with van der Waals surface area (Å²) in [5, 5.41) is 13.5. The Kier molecular flexibility index (Phi) is 10.5. The van der Waals surface area contributed by atoms with Crippen molar-refractivity contribution in [2.24, 2.45) is 11.6 Å². The molecule has 34 heavy (non-hydrogen) atoms. The lowest BCUT2D eigenvalue weighted by molar-refractivity contribution is -0.156. The summed E-state index contributed by atoms with van der Waals surface area (Å²) in [6.45, 7) is 7.47. The van der Waals surface area contributed by atoms with Crippen LogP contribution in [0.1, 0.15) is 53.9 Å². The Bertz CT molecular complexity index is 817. The number of nitrogens with one attached hydrogen (secondary N) is 2. The molecular weight excluding hydrogens is 450 g/mol. The molecule has 14 heteroatoms. The molecule has 0 aliphatic carbocycles. The number of ketones is 1. The zero-order valence-electron chi connectivity index (χ0n) is 20.1. The van der Waals surface area contributed by atoms with Crippen LogP contribution >= 0.6 is 0 Å². The van der Waals surface area contributed by atoms with Gasteiger partial charge in [-0.1, -0.05) is 0 Å². The number of Topliss-reactive ketones (excluding diaryl/α,β-unsaturated/α-hetero) is 1. The van der Waals surface area contributed by atoms with Crippen molar-refractivity contribution in [2.75, 3.05) is 6.54 Å². The first-order valence-electron chi connectivity index (χ1n) is 10.9. The van der Waals surface area contributed by atoms with E-state index in [1.54, 1.807) is 13.8 Å². The quantitative estimate of drug-likeness (QED) is 0.0744. The van der Waals surface area contributed by atoms with E-state index in [0.717, 1.165) is 11.9 Å². The number of rotatable bonds is 9. The molecule has 1 heterocycles. The van der Waals surface area contributed by atoms with Crippen LogP contribution in [-0.4, -0.2) is 92.3 Å². The lowest BCUT2D eigenvalue weighted by atomic mass is 10.2. The standard InChI is InChI=1S/C20H35N7O7/c1-10(2)27(16(30)9-15(29)20(34)26(22)13(5)28)24-18(32)14-7-6-8-25(14)19(33)12(4)23-17(31)11(3)21/h10-12,14,20,34H,6-9,21-22H2,1-5H3,(H,23,31)(H,24,32)/t11-,12-,14-,20?/m0/s1. The summed E-state index contributed by atoms with van der Waals surface area (Å²) in [6.07, 6.45) is -1.96. The number of carbonyl (C=O) groups is 6. The number of aliphatic hydroxyl groups excluding tert-OH is 1. The van der Waals surface area contributed by atoms with Gasteiger partial charge in [-0.3, -0.25) is 39.2 Å². The average Bonchev–Trinajstić information content (AvgIpc) is 3.24. The Hall–Kier alpha value is -3.10. The van der Waals surface area contributed by atoms with Crippen LogP contribution in [0.4, 0.5) is 0 Å². The van der Waals surface area contributed by atoms with Gasteiger partial charge in [-0.05, 0) is 40.5 Å². The Labute approximate surface area is 197 Å². The second-order valence-electron chi connectivity index (χ2n) is 8.49. The molecule has 5 amide bonds. The minimum atomic E-state index is -2.01. The molecule has 1 aliphatic heterocycles. The van der Waals surface area contributed by atoms with Crippen LogP contribution in [0.5, 0.6) is 0 Å². The summed E-state index contributed by atoms with van der Waals surface area (Å²) in [7, 11) is 0. The van der Waals surface area contributed by atoms with Gasteiger partial charge in [0.1, 0.15) is 12.1 Å². The molecule has 1 saturated heterocycles. The van der Waals surface area contributed by atoms with Gasteiger partial charge in [0.15, 0.2) is 5.78 Å². The highest BCUT2D eigenvalue weighted by atomic mass is 16.3. The Morgan fingerprint density at radius 3 is 2.21 bits per heavy atom. The van der Waals surface area contributed by atoms with Crippen molar-refractivity contribution in [2.45, 2.75) is 84.3 Å².